The summed E-state index contributed by atoms with van der Waals surface area (Å²) in [4.78, 5) is 11.6. The van der Waals surface area contributed by atoms with E-state index in [2.05, 4.69) is 36.5 Å². The largest absolute Gasteiger partial charge is 0.492 e. The topological polar surface area (TPSA) is 58.6 Å². The molecule has 4 rings (SSSR count). The molecule has 4 nitrogen and oxygen atoms in total. The van der Waals surface area contributed by atoms with Crippen molar-refractivity contribution in [3.05, 3.63) is 102 Å². The summed E-state index contributed by atoms with van der Waals surface area (Å²) in [6, 6.07) is 23.4. The smallest absolute Gasteiger partial charge is 0.416 e. The molecule has 0 saturated heterocycles. The Labute approximate surface area is 201 Å². The Morgan fingerprint density at radius 2 is 1.66 bits per heavy atom. The molecule has 0 aliphatic rings. The molecule has 35 heavy (non-hydrogen) atoms. The van der Waals surface area contributed by atoms with Crippen LogP contribution in [-0.4, -0.2) is 24.2 Å². The lowest BCUT2D eigenvalue weighted by Crippen LogP contribution is -2.24. The van der Waals surface area contributed by atoms with Crippen LogP contribution in [0, 0.1) is 0 Å². The van der Waals surface area contributed by atoms with Gasteiger partial charge in [-0.15, -0.1) is 0 Å². The number of fused-ring (bicyclic) bond motifs is 1. The maximum absolute atomic E-state index is 12.9. The summed E-state index contributed by atoms with van der Waals surface area (Å²) in [5.74, 6) is -0.814. The van der Waals surface area contributed by atoms with Gasteiger partial charge in [0.2, 0.25) is 0 Å². The first-order valence-electron chi connectivity index (χ1n) is 11.1. The van der Waals surface area contributed by atoms with E-state index in [4.69, 9.17) is 4.74 Å². The molecule has 0 radical (unpaired) electrons. The third kappa shape index (κ3) is 5.81. The van der Waals surface area contributed by atoms with Crippen molar-refractivity contribution < 1.29 is 27.8 Å². The molecule has 0 aromatic heterocycles. The number of nitrogens with one attached hydrogen (secondary N) is 1. The van der Waals surface area contributed by atoms with Gasteiger partial charge in [-0.3, -0.25) is 0 Å². The van der Waals surface area contributed by atoms with E-state index in [9.17, 15) is 23.1 Å². The number of hydrogen-bond donors (Lipinski definition) is 2. The zero-order valence-corrected chi connectivity index (χ0v) is 19.0. The fraction of sp³-hybridized carbons (Fsp3) is 0.179. The molecule has 4 aromatic carbocycles. The van der Waals surface area contributed by atoms with Crippen LogP contribution in [0.15, 0.2) is 84.9 Å². The summed E-state index contributed by atoms with van der Waals surface area (Å²) in [7, 11) is 0. The predicted octanol–water partition coefficient (Wildman–Crippen LogP) is 6.95. The zero-order chi connectivity index (χ0) is 25.0. The van der Waals surface area contributed by atoms with Crippen LogP contribution in [0.5, 0.6) is 5.75 Å². The van der Waals surface area contributed by atoms with E-state index in [-0.39, 0.29) is 18.2 Å². The molecule has 180 valence electrons. The normalized spacial score (nSPS) is 12.5. The molecule has 0 aliphatic carbocycles. The molecular weight excluding hydrogens is 455 g/mol. The second-order valence-corrected chi connectivity index (χ2v) is 8.22. The van der Waals surface area contributed by atoms with Gasteiger partial charge >= 0.3 is 12.1 Å². The molecule has 1 unspecified atom stereocenters. The quantitative estimate of drug-likeness (QED) is 0.269. The minimum atomic E-state index is -4.44. The van der Waals surface area contributed by atoms with Gasteiger partial charge in [-0.2, -0.15) is 13.2 Å². The number of ether oxygens (including phenoxy) is 1. The van der Waals surface area contributed by atoms with Crippen molar-refractivity contribution in [2.45, 2.75) is 19.1 Å². The van der Waals surface area contributed by atoms with Crippen molar-refractivity contribution in [2.75, 3.05) is 13.2 Å². The average Bonchev–Trinajstić information content (AvgIpc) is 2.85. The van der Waals surface area contributed by atoms with Crippen LogP contribution in [-0.2, 0) is 6.18 Å². The first-order valence-corrected chi connectivity index (χ1v) is 11.1. The Kier molecular flexibility index (Phi) is 7.07. The van der Waals surface area contributed by atoms with Gasteiger partial charge in [0, 0.05) is 12.6 Å². The molecule has 0 spiro atoms. The number of halogens is 3. The summed E-state index contributed by atoms with van der Waals surface area (Å²) in [6.07, 6.45) is -4.44. The Bertz CT molecular complexity index is 1330. The van der Waals surface area contributed by atoms with Crippen LogP contribution in [0.4, 0.5) is 13.2 Å². The maximum Gasteiger partial charge on any atom is 0.416 e. The number of aromatic carboxylic acids is 1. The van der Waals surface area contributed by atoms with Crippen LogP contribution in [0.2, 0.25) is 0 Å². The molecule has 0 bridgehead atoms. The lowest BCUT2D eigenvalue weighted by Gasteiger charge is -2.17. The van der Waals surface area contributed by atoms with Crippen molar-refractivity contribution in [1.82, 2.24) is 5.32 Å². The van der Waals surface area contributed by atoms with Crippen molar-refractivity contribution in [2.24, 2.45) is 0 Å². The van der Waals surface area contributed by atoms with E-state index in [0.717, 1.165) is 17.5 Å². The summed E-state index contributed by atoms with van der Waals surface area (Å²) in [6.45, 7) is 2.86. The van der Waals surface area contributed by atoms with Crippen LogP contribution in [0.1, 0.15) is 34.5 Å². The lowest BCUT2D eigenvalue weighted by molar-refractivity contribution is -0.137. The molecule has 0 aliphatic heterocycles. The number of carbonyl (C=O) groups is 1. The Hall–Kier alpha value is -3.84. The van der Waals surface area contributed by atoms with Crippen molar-refractivity contribution >= 4 is 16.7 Å². The molecule has 0 amide bonds. The van der Waals surface area contributed by atoms with Crippen molar-refractivity contribution in [3.63, 3.8) is 0 Å². The Balaban J connectivity index is 1.44. The van der Waals surface area contributed by atoms with Gasteiger partial charge in [0.25, 0.3) is 0 Å². The minimum Gasteiger partial charge on any atom is -0.492 e. The molecule has 7 heteroatoms. The molecule has 0 saturated carbocycles. The monoisotopic (exact) mass is 479 g/mol. The highest BCUT2D eigenvalue weighted by atomic mass is 19.4. The predicted molar refractivity (Wildman–Crippen MR) is 130 cm³/mol. The second kappa shape index (κ2) is 10.2. The fourth-order valence-corrected chi connectivity index (χ4v) is 4.01. The molecule has 2 N–H and O–H groups in total. The highest BCUT2D eigenvalue weighted by Gasteiger charge is 2.30. The van der Waals surface area contributed by atoms with Gasteiger partial charge in [-0.05, 0) is 64.7 Å². The molecular formula is C28H24F3NO3. The van der Waals surface area contributed by atoms with Gasteiger partial charge in [0.1, 0.15) is 12.4 Å². The summed E-state index contributed by atoms with van der Waals surface area (Å²) in [5.41, 5.74) is 1.33. The SMILES string of the molecule is CC(NCCOc1cc(C(=O)O)cc(-c2ccc(C(F)(F)F)cc2)c1)c1cccc2ccccc12. The maximum atomic E-state index is 12.9. The van der Waals surface area contributed by atoms with Crippen molar-refractivity contribution in [3.8, 4) is 16.9 Å². The average molecular weight is 479 g/mol. The zero-order valence-electron chi connectivity index (χ0n) is 19.0. The van der Waals surface area contributed by atoms with Gasteiger partial charge in [0.15, 0.2) is 0 Å². The number of alkyl halides is 3. The van der Waals surface area contributed by atoms with E-state index < -0.39 is 17.7 Å². The van der Waals surface area contributed by atoms with E-state index >= 15 is 0 Å². The summed E-state index contributed by atoms with van der Waals surface area (Å²) < 4.78 is 44.4. The molecule has 0 fully saturated rings. The summed E-state index contributed by atoms with van der Waals surface area (Å²) in [5, 5.41) is 15.2. The van der Waals surface area contributed by atoms with Crippen molar-refractivity contribution in [1.29, 1.82) is 0 Å². The Morgan fingerprint density at radius 3 is 2.37 bits per heavy atom. The summed E-state index contributed by atoms with van der Waals surface area (Å²) >= 11 is 0. The number of benzene rings is 4. The Morgan fingerprint density at radius 1 is 0.943 bits per heavy atom. The second-order valence-electron chi connectivity index (χ2n) is 8.22. The highest BCUT2D eigenvalue weighted by Crippen LogP contribution is 2.32. The number of hydrogen-bond acceptors (Lipinski definition) is 3. The van der Waals surface area contributed by atoms with E-state index in [1.807, 2.05) is 18.2 Å². The fourth-order valence-electron chi connectivity index (χ4n) is 4.01. The molecule has 4 aromatic rings. The standard InChI is InChI=1S/C28H24F3NO3/c1-18(25-8-4-6-20-5-2-3-7-26(20)25)32-13-14-35-24-16-21(15-22(17-24)27(33)34)19-9-11-23(12-10-19)28(29,30)31/h2-12,15-18,32H,13-14H2,1H3,(H,33,34). The van der Waals surface area contributed by atoms with Crippen LogP contribution in [0.25, 0.3) is 21.9 Å². The third-order valence-electron chi connectivity index (χ3n) is 5.81. The van der Waals surface area contributed by atoms with Crippen LogP contribution >= 0.6 is 0 Å². The number of rotatable bonds is 8. The van der Waals surface area contributed by atoms with Gasteiger partial charge < -0.3 is 15.2 Å². The van der Waals surface area contributed by atoms with Gasteiger partial charge in [-0.1, -0.05) is 54.6 Å². The minimum absolute atomic E-state index is 0.00511. The first-order chi connectivity index (χ1) is 16.7. The number of carboxylic acids is 1. The first kappa shape index (κ1) is 24.3. The van der Waals surface area contributed by atoms with E-state index in [0.29, 0.717) is 23.4 Å². The van der Waals surface area contributed by atoms with Crippen LogP contribution < -0.4 is 10.1 Å². The molecule has 0 heterocycles. The number of carboxylic acid groups (broad SMARTS) is 1. The molecule has 1 atom stereocenters. The van der Waals surface area contributed by atoms with Gasteiger partial charge in [-0.25, -0.2) is 4.79 Å². The highest BCUT2D eigenvalue weighted by molar-refractivity contribution is 5.90. The van der Waals surface area contributed by atoms with E-state index in [1.54, 1.807) is 6.07 Å². The van der Waals surface area contributed by atoms with Crippen LogP contribution in [0.3, 0.4) is 0 Å². The third-order valence-corrected chi connectivity index (χ3v) is 5.81. The van der Waals surface area contributed by atoms with Gasteiger partial charge in [0.05, 0.1) is 11.1 Å². The lowest BCUT2D eigenvalue weighted by atomic mass is 10.00. The van der Waals surface area contributed by atoms with E-state index in [1.165, 1.54) is 35.2 Å².